The van der Waals surface area contributed by atoms with Gasteiger partial charge in [-0.15, -0.1) is 0 Å². The first-order chi connectivity index (χ1) is 4.86. The zero-order chi connectivity index (χ0) is 7.40. The molecular formula is C8H9NS. The third kappa shape index (κ3) is 1.62. The molecule has 0 aromatic heterocycles. The minimum atomic E-state index is 1.07. The largest absolute Gasteiger partial charge is 0.274 e. The fraction of sp³-hybridized carbons (Fsp3) is 0. The van der Waals surface area contributed by atoms with Crippen LogP contribution in [0.1, 0.15) is 5.56 Å². The molecule has 0 bridgehead atoms. The third-order valence-electron chi connectivity index (χ3n) is 1.25. The van der Waals surface area contributed by atoms with E-state index in [4.69, 9.17) is 5.14 Å². The molecule has 0 atom stereocenters. The summed E-state index contributed by atoms with van der Waals surface area (Å²) in [6.07, 6.45) is 1.81. The van der Waals surface area contributed by atoms with Gasteiger partial charge in [0.2, 0.25) is 0 Å². The van der Waals surface area contributed by atoms with Gasteiger partial charge in [0, 0.05) is 4.90 Å². The third-order valence-corrected chi connectivity index (χ3v) is 1.80. The number of rotatable bonds is 2. The maximum atomic E-state index is 5.33. The van der Waals surface area contributed by atoms with Gasteiger partial charge in [-0.05, 0) is 29.6 Å². The summed E-state index contributed by atoms with van der Waals surface area (Å²) in [5.74, 6) is 0. The topological polar surface area (TPSA) is 26.0 Å². The van der Waals surface area contributed by atoms with Crippen LogP contribution in [0.4, 0.5) is 0 Å². The van der Waals surface area contributed by atoms with E-state index in [0.717, 1.165) is 10.5 Å². The van der Waals surface area contributed by atoms with Crippen molar-refractivity contribution in [1.82, 2.24) is 0 Å². The molecular weight excluding hydrogens is 142 g/mol. The van der Waals surface area contributed by atoms with E-state index in [0.29, 0.717) is 0 Å². The van der Waals surface area contributed by atoms with Gasteiger partial charge in [-0.2, -0.15) is 0 Å². The Morgan fingerprint density at radius 1 is 1.30 bits per heavy atom. The number of nitrogens with two attached hydrogens (primary N) is 1. The molecule has 0 amide bonds. The van der Waals surface area contributed by atoms with Crippen molar-refractivity contribution in [2.45, 2.75) is 4.90 Å². The Hall–Kier alpha value is -0.730. The summed E-state index contributed by atoms with van der Waals surface area (Å²) in [5, 5.41) is 5.33. The van der Waals surface area contributed by atoms with Crippen molar-refractivity contribution in [3.8, 4) is 0 Å². The molecule has 0 heterocycles. The smallest absolute Gasteiger partial charge is 0.0226 e. The number of hydrogen-bond acceptors (Lipinski definition) is 2. The van der Waals surface area contributed by atoms with Crippen molar-refractivity contribution < 1.29 is 0 Å². The van der Waals surface area contributed by atoms with Crippen molar-refractivity contribution in [3.63, 3.8) is 0 Å². The molecule has 2 N–H and O–H groups in total. The highest BCUT2D eigenvalue weighted by Crippen LogP contribution is 2.12. The fourth-order valence-corrected chi connectivity index (χ4v) is 0.976. The van der Waals surface area contributed by atoms with Gasteiger partial charge in [0.05, 0.1) is 0 Å². The van der Waals surface area contributed by atoms with Crippen LogP contribution in [0.2, 0.25) is 0 Å². The molecule has 1 aromatic rings. The van der Waals surface area contributed by atoms with Gasteiger partial charge in [-0.3, -0.25) is 5.14 Å². The van der Waals surface area contributed by atoms with E-state index in [1.54, 1.807) is 0 Å². The van der Waals surface area contributed by atoms with Gasteiger partial charge in [0.25, 0.3) is 0 Å². The zero-order valence-electron chi connectivity index (χ0n) is 5.58. The maximum absolute atomic E-state index is 5.33. The molecule has 1 rings (SSSR count). The highest BCUT2D eigenvalue weighted by atomic mass is 32.2. The summed E-state index contributed by atoms with van der Waals surface area (Å²) in [6.45, 7) is 3.65. The van der Waals surface area contributed by atoms with Crippen molar-refractivity contribution in [3.05, 3.63) is 36.4 Å². The van der Waals surface area contributed by atoms with Crippen LogP contribution in [0.3, 0.4) is 0 Å². The molecule has 0 aliphatic carbocycles. The van der Waals surface area contributed by atoms with Crippen LogP contribution in [-0.4, -0.2) is 0 Å². The van der Waals surface area contributed by atoms with E-state index in [1.165, 1.54) is 11.9 Å². The molecule has 52 valence electrons. The average molecular weight is 151 g/mol. The van der Waals surface area contributed by atoms with E-state index in [1.807, 2.05) is 30.3 Å². The Bertz CT molecular complexity index is 215. The fourth-order valence-electron chi connectivity index (χ4n) is 0.682. The average Bonchev–Trinajstić information content (AvgIpc) is 2.05. The lowest BCUT2D eigenvalue weighted by atomic mass is 10.2. The summed E-state index contributed by atoms with van der Waals surface area (Å²) in [7, 11) is 0. The van der Waals surface area contributed by atoms with Gasteiger partial charge in [0.1, 0.15) is 0 Å². The molecule has 10 heavy (non-hydrogen) atoms. The zero-order valence-corrected chi connectivity index (χ0v) is 6.40. The van der Waals surface area contributed by atoms with Gasteiger partial charge < -0.3 is 0 Å². The Kier molecular flexibility index (Phi) is 2.54. The Labute approximate surface area is 65.1 Å². The first-order valence-electron chi connectivity index (χ1n) is 2.96. The van der Waals surface area contributed by atoms with Crippen molar-refractivity contribution in [2.75, 3.05) is 0 Å². The second kappa shape index (κ2) is 3.44. The van der Waals surface area contributed by atoms with E-state index in [-0.39, 0.29) is 0 Å². The number of benzene rings is 1. The van der Waals surface area contributed by atoms with Crippen LogP contribution in [0, 0.1) is 0 Å². The van der Waals surface area contributed by atoms with Crippen molar-refractivity contribution in [1.29, 1.82) is 0 Å². The van der Waals surface area contributed by atoms with Crippen molar-refractivity contribution in [2.24, 2.45) is 5.14 Å². The van der Waals surface area contributed by atoms with E-state index >= 15 is 0 Å². The standard InChI is InChI=1S/C8H9NS/c1-2-7-3-5-8(10-9)6-4-7/h2-6H,1,9H2. The molecule has 0 saturated carbocycles. The lowest BCUT2D eigenvalue weighted by Gasteiger charge is -1.94. The van der Waals surface area contributed by atoms with E-state index < -0.39 is 0 Å². The molecule has 0 radical (unpaired) electrons. The van der Waals surface area contributed by atoms with E-state index in [9.17, 15) is 0 Å². The van der Waals surface area contributed by atoms with Crippen LogP contribution >= 0.6 is 11.9 Å². The lowest BCUT2D eigenvalue weighted by molar-refractivity contribution is 1.45. The van der Waals surface area contributed by atoms with Crippen molar-refractivity contribution >= 4 is 18.0 Å². The Morgan fingerprint density at radius 2 is 1.90 bits per heavy atom. The predicted molar refractivity (Wildman–Crippen MR) is 46.6 cm³/mol. The molecule has 1 nitrogen and oxygen atoms in total. The molecule has 1 aromatic carbocycles. The highest BCUT2D eigenvalue weighted by molar-refractivity contribution is 7.97. The quantitative estimate of drug-likeness (QED) is 0.656. The molecule has 0 saturated heterocycles. The van der Waals surface area contributed by atoms with Gasteiger partial charge in [-0.1, -0.05) is 24.8 Å². The van der Waals surface area contributed by atoms with Gasteiger partial charge >= 0.3 is 0 Å². The molecule has 0 fully saturated rings. The van der Waals surface area contributed by atoms with Gasteiger partial charge in [-0.25, -0.2) is 0 Å². The molecule has 0 spiro atoms. The predicted octanol–water partition coefficient (Wildman–Crippen LogP) is 2.30. The summed E-state index contributed by atoms with van der Waals surface area (Å²) in [6, 6.07) is 7.92. The SMILES string of the molecule is C=Cc1ccc(SN)cc1. The number of hydrogen-bond donors (Lipinski definition) is 1. The van der Waals surface area contributed by atoms with E-state index in [2.05, 4.69) is 6.58 Å². The Balaban J connectivity index is 2.90. The Morgan fingerprint density at radius 3 is 2.30 bits per heavy atom. The minimum absolute atomic E-state index is 1.07. The first-order valence-corrected chi connectivity index (χ1v) is 3.84. The first kappa shape index (κ1) is 7.38. The minimum Gasteiger partial charge on any atom is -0.274 e. The molecule has 0 aliphatic heterocycles. The van der Waals surface area contributed by atoms with Crippen LogP contribution in [0.5, 0.6) is 0 Å². The monoisotopic (exact) mass is 151 g/mol. The van der Waals surface area contributed by atoms with Crippen LogP contribution in [0.15, 0.2) is 35.7 Å². The summed E-state index contributed by atoms with van der Waals surface area (Å²) >= 11 is 1.25. The maximum Gasteiger partial charge on any atom is 0.0226 e. The second-order valence-electron chi connectivity index (χ2n) is 1.89. The second-order valence-corrected chi connectivity index (χ2v) is 2.60. The lowest BCUT2D eigenvalue weighted by Crippen LogP contribution is -1.78. The summed E-state index contributed by atoms with van der Waals surface area (Å²) < 4.78 is 0. The van der Waals surface area contributed by atoms with Crippen LogP contribution in [0.25, 0.3) is 6.08 Å². The molecule has 2 heteroatoms. The summed E-state index contributed by atoms with van der Waals surface area (Å²) in [5.41, 5.74) is 1.12. The van der Waals surface area contributed by atoms with Crippen LogP contribution < -0.4 is 5.14 Å². The highest BCUT2D eigenvalue weighted by Gasteiger charge is 1.87. The molecule has 0 unspecified atom stereocenters. The normalized spacial score (nSPS) is 9.30. The van der Waals surface area contributed by atoms with Crippen LogP contribution in [-0.2, 0) is 0 Å². The molecule has 0 aliphatic rings. The van der Waals surface area contributed by atoms with Gasteiger partial charge in [0.15, 0.2) is 0 Å². The summed E-state index contributed by atoms with van der Waals surface area (Å²) in [4.78, 5) is 1.07.